The van der Waals surface area contributed by atoms with Crippen LogP contribution in [0.4, 0.5) is 5.69 Å². The van der Waals surface area contributed by atoms with Gasteiger partial charge in [0.2, 0.25) is 0 Å². The van der Waals surface area contributed by atoms with Crippen molar-refractivity contribution in [2.75, 3.05) is 25.2 Å². The third-order valence-corrected chi connectivity index (χ3v) is 4.10. The van der Waals surface area contributed by atoms with Crippen LogP contribution in [0.5, 0.6) is 0 Å². The van der Waals surface area contributed by atoms with Gasteiger partial charge >= 0.3 is 0 Å². The van der Waals surface area contributed by atoms with Crippen LogP contribution in [0.1, 0.15) is 30.9 Å². The minimum Gasteiger partial charge on any atom is -0.383 e. The summed E-state index contributed by atoms with van der Waals surface area (Å²) in [6.45, 7) is 6.73. The van der Waals surface area contributed by atoms with Crippen molar-refractivity contribution in [2.24, 2.45) is 11.7 Å². The van der Waals surface area contributed by atoms with E-state index in [4.69, 9.17) is 10.5 Å². The van der Waals surface area contributed by atoms with Gasteiger partial charge in [-0.15, -0.1) is 0 Å². The molecule has 1 unspecified atom stereocenters. The second kappa shape index (κ2) is 6.40. The molecular weight excluding hydrogens is 236 g/mol. The number of methoxy groups -OCH3 is 1. The van der Waals surface area contributed by atoms with Gasteiger partial charge in [-0.1, -0.05) is 17.7 Å². The number of hydrogen-bond donors (Lipinski definition) is 1. The van der Waals surface area contributed by atoms with Crippen molar-refractivity contribution in [1.82, 2.24) is 0 Å². The first-order valence-electron chi connectivity index (χ1n) is 7.22. The van der Waals surface area contributed by atoms with Crippen LogP contribution < -0.4 is 10.6 Å². The van der Waals surface area contributed by atoms with E-state index in [2.05, 4.69) is 36.9 Å². The molecular formula is C16H26N2O. The van der Waals surface area contributed by atoms with Crippen molar-refractivity contribution >= 4 is 5.69 Å². The van der Waals surface area contributed by atoms with E-state index in [0.717, 1.165) is 19.1 Å². The number of rotatable bonds is 7. The summed E-state index contributed by atoms with van der Waals surface area (Å²) in [5.74, 6) is 0.837. The quantitative estimate of drug-likeness (QED) is 0.821. The third kappa shape index (κ3) is 3.48. The lowest BCUT2D eigenvalue weighted by Gasteiger charge is -2.33. The lowest BCUT2D eigenvalue weighted by atomic mass is 10.1. The average Bonchev–Trinajstić information content (AvgIpc) is 3.24. The van der Waals surface area contributed by atoms with Crippen molar-refractivity contribution in [3.8, 4) is 0 Å². The molecule has 0 amide bonds. The van der Waals surface area contributed by atoms with E-state index < -0.39 is 0 Å². The largest absolute Gasteiger partial charge is 0.383 e. The monoisotopic (exact) mass is 262 g/mol. The second-order valence-electron chi connectivity index (χ2n) is 5.60. The van der Waals surface area contributed by atoms with E-state index >= 15 is 0 Å². The molecule has 0 radical (unpaired) electrons. The number of anilines is 1. The van der Waals surface area contributed by atoms with Crippen molar-refractivity contribution in [1.29, 1.82) is 0 Å². The fraction of sp³-hybridized carbons (Fsp3) is 0.625. The molecule has 3 heteroatoms. The molecule has 2 N–H and O–H groups in total. The van der Waals surface area contributed by atoms with Crippen LogP contribution in [0.15, 0.2) is 18.2 Å². The van der Waals surface area contributed by atoms with Crippen LogP contribution in [-0.4, -0.2) is 26.3 Å². The fourth-order valence-corrected chi connectivity index (χ4v) is 2.72. The number of hydrogen-bond acceptors (Lipinski definition) is 3. The summed E-state index contributed by atoms with van der Waals surface area (Å²) in [4.78, 5) is 2.48. The van der Waals surface area contributed by atoms with Gasteiger partial charge < -0.3 is 15.4 Å². The lowest BCUT2D eigenvalue weighted by molar-refractivity contribution is 0.202. The van der Waals surface area contributed by atoms with E-state index in [0.29, 0.717) is 12.6 Å². The highest BCUT2D eigenvalue weighted by Crippen LogP contribution is 2.37. The number of nitrogens with zero attached hydrogens (tertiary/aromatic N) is 1. The predicted octanol–water partition coefficient (Wildman–Crippen LogP) is 2.71. The molecule has 0 spiro atoms. The summed E-state index contributed by atoms with van der Waals surface area (Å²) in [7, 11) is 1.76. The summed E-state index contributed by atoms with van der Waals surface area (Å²) in [5, 5.41) is 0. The molecule has 106 valence electrons. The molecule has 3 nitrogen and oxygen atoms in total. The highest BCUT2D eigenvalue weighted by atomic mass is 16.5. The van der Waals surface area contributed by atoms with Gasteiger partial charge in [-0.2, -0.15) is 0 Å². The van der Waals surface area contributed by atoms with Crippen molar-refractivity contribution < 1.29 is 4.74 Å². The van der Waals surface area contributed by atoms with E-state index in [9.17, 15) is 0 Å². The van der Waals surface area contributed by atoms with Gasteiger partial charge in [0.1, 0.15) is 0 Å². The van der Waals surface area contributed by atoms with Gasteiger partial charge in [-0.3, -0.25) is 0 Å². The van der Waals surface area contributed by atoms with E-state index in [1.165, 1.54) is 29.7 Å². The maximum atomic E-state index is 5.92. The third-order valence-electron chi connectivity index (χ3n) is 4.10. The molecule has 1 atom stereocenters. The summed E-state index contributed by atoms with van der Waals surface area (Å²) in [5.41, 5.74) is 9.71. The summed E-state index contributed by atoms with van der Waals surface area (Å²) >= 11 is 0. The molecule has 1 aliphatic carbocycles. The van der Waals surface area contributed by atoms with Crippen LogP contribution in [0.3, 0.4) is 0 Å². The van der Waals surface area contributed by atoms with Crippen molar-refractivity contribution in [2.45, 2.75) is 39.3 Å². The molecule has 1 saturated carbocycles. The molecule has 0 saturated heterocycles. The molecule has 0 aromatic heterocycles. The Hall–Kier alpha value is -1.06. The SMILES string of the molecule is COCCN(c1ccc(C)cc1CN)C(C)C1CC1. The predicted molar refractivity (Wildman–Crippen MR) is 80.5 cm³/mol. The Labute approximate surface area is 116 Å². The second-order valence-corrected chi connectivity index (χ2v) is 5.60. The molecule has 1 aliphatic rings. The molecule has 0 bridgehead atoms. The van der Waals surface area contributed by atoms with Crippen LogP contribution in [0.2, 0.25) is 0 Å². The van der Waals surface area contributed by atoms with Crippen LogP contribution >= 0.6 is 0 Å². The molecule has 1 aromatic carbocycles. The zero-order chi connectivity index (χ0) is 13.8. The first-order chi connectivity index (χ1) is 9.17. The molecule has 2 rings (SSSR count). The van der Waals surface area contributed by atoms with Crippen molar-refractivity contribution in [3.05, 3.63) is 29.3 Å². The molecule has 0 aliphatic heterocycles. The number of nitrogens with two attached hydrogens (primary N) is 1. The van der Waals surface area contributed by atoms with Gasteiger partial charge in [0.15, 0.2) is 0 Å². The van der Waals surface area contributed by atoms with Crippen LogP contribution in [-0.2, 0) is 11.3 Å². The maximum absolute atomic E-state index is 5.92. The van der Waals surface area contributed by atoms with Crippen LogP contribution in [0, 0.1) is 12.8 Å². The minimum absolute atomic E-state index is 0.572. The summed E-state index contributed by atoms with van der Waals surface area (Å²) in [6, 6.07) is 7.16. The Morgan fingerprint density at radius 3 is 2.74 bits per heavy atom. The highest BCUT2D eigenvalue weighted by Gasteiger charge is 2.32. The number of aryl methyl sites for hydroxylation is 1. The topological polar surface area (TPSA) is 38.5 Å². The minimum atomic E-state index is 0.572. The Morgan fingerprint density at radius 1 is 1.42 bits per heavy atom. The Morgan fingerprint density at radius 2 is 2.16 bits per heavy atom. The van der Waals surface area contributed by atoms with Crippen LogP contribution in [0.25, 0.3) is 0 Å². The van der Waals surface area contributed by atoms with Gasteiger partial charge in [-0.05, 0) is 44.2 Å². The molecule has 1 aromatic rings. The first kappa shape index (κ1) is 14.4. The smallest absolute Gasteiger partial charge is 0.0637 e. The number of benzene rings is 1. The van der Waals surface area contributed by atoms with Crippen molar-refractivity contribution in [3.63, 3.8) is 0 Å². The fourth-order valence-electron chi connectivity index (χ4n) is 2.72. The van der Waals surface area contributed by atoms with E-state index in [-0.39, 0.29) is 0 Å². The Balaban J connectivity index is 2.25. The summed E-state index contributed by atoms with van der Waals surface area (Å²) in [6.07, 6.45) is 2.71. The van der Waals surface area contributed by atoms with Gasteiger partial charge in [0.25, 0.3) is 0 Å². The van der Waals surface area contributed by atoms with Gasteiger partial charge in [0.05, 0.1) is 6.61 Å². The lowest BCUT2D eigenvalue weighted by Crippen LogP contribution is -2.38. The summed E-state index contributed by atoms with van der Waals surface area (Å²) < 4.78 is 5.27. The van der Waals surface area contributed by atoms with E-state index in [1.807, 2.05) is 0 Å². The Kier molecular flexibility index (Phi) is 4.83. The average molecular weight is 262 g/mol. The normalized spacial score (nSPS) is 16.4. The van der Waals surface area contributed by atoms with Gasteiger partial charge in [0, 0.05) is 31.9 Å². The molecule has 1 fully saturated rings. The zero-order valence-corrected chi connectivity index (χ0v) is 12.4. The van der Waals surface area contributed by atoms with E-state index in [1.54, 1.807) is 7.11 Å². The zero-order valence-electron chi connectivity index (χ0n) is 12.4. The standard InChI is InChI=1S/C16H26N2O/c1-12-4-7-16(15(10-12)11-17)18(8-9-19-3)13(2)14-5-6-14/h4,7,10,13-14H,5-6,8-9,11,17H2,1-3H3. The van der Waals surface area contributed by atoms with Gasteiger partial charge in [-0.25, -0.2) is 0 Å². The molecule has 0 heterocycles. The number of ether oxygens (including phenoxy) is 1. The highest BCUT2D eigenvalue weighted by molar-refractivity contribution is 5.56. The molecule has 19 heavy (non-hydrogen) atoms. The Bertz CT molecular complexity index is 415. The maximum Gasteiger partial charge on any atom is 0.0637 e. The first-order valence-corrected chi connectivity index (χ1v) is 7.22.